The molecule has 2 heterocycles. The average molecular weight is 514 g/mol. The van der Waals surface area contributed by atoms with Crippen molar-refractivity contribution in [3.05, 3.63) is 42.2 Å². The number of rotatable bonds is 7. The normalized spacial score (nSPS) is 15.0. The Hall–Kier alpha value is -2.01. The van der Waals surface area contributed by atoms with Crippen LogP contribution in [-0.4, -0.2) is 79.5 Å². The van der Waals surface area contributed by atoms with Crippen LogP contribution < -0.4 is 14.8 Å². The van der Waals surface area contributed by atoms with Crippen LogP contribution in [0.5, 0.6) is 11.5 Å². The summed E-state index contributed by atoms with van der Waals surface area (Å²) in [5.74, 6) is 2.71. The molecule has 0 atom stereocenters. The van der Waals surface area contributed by atoms with Crippen molar-refractivity contribution in [2.24, 2.45) is 4.99 Å². The van der Waals surface area contributed by atoms with E-state index in [1.165, 1.54) is 0 Å². The lowest BCUT2D eigenvalue weighted by Crippen LogP contribution is -2.52. The molecule has 1 aliphatic heterocycles. The Labute approximate surface area is 189 Å². The molecule has 1 aromatic carbocycles. The summed E-state index contributed by atoms with van der Waals surface area (Å²) in [5.41, 5.74) is 1.15. The smallest absolute Gasteiger partial charge is 0.193 e. The lowest BCUT2D eigenvalue weighted by molar-refractivity contribution is 0.171. The lowest BCUT2D eigenvalue weighted by atomic mass is 10.1. The number of aliphatic imine (C=N–C) groups is 1. The van der Waals surface area contributed by atoms with Gasteiger partial charge in [0.15, 0.2) is 5.96 Å². The first-order valence-corrected chi connectivity index (χ1v) is 9.59. The number of hydrogen-bond donors (Lipinski definition) is 1. The number of halogens is 1. The fourth-order valence-electron chi connectivity index (χ4n) is 3.41. The number of nitrogens with zero attached hydrogens (tertiary/aromatic N) is 5. The van der Waals surface area contributed by atoms with Gasteiger partial charge in [-0.05, 0) is 24.3 Å². The summed E-state index contributed by atoms with van der Waals surface area (Å²) in [6.07, 6.45) is 3.77. The van der Waals surface area contributed by atoms with Crippen molar-refractivity contribution in [3.8, 4) is 11.5 Å². The van der Waals surface area contributed by atoms with Gasteiger partial charge in [0, 0.05) is 64.3 Å². The fraction of sp³-hybridized carbons (Fsp3) is 0.500. The number of nitrogens with one attached hydrogen (secondary N) is 1. The van der Waals surface area contributed by atoms with E-state index in [4.69, 9.17) is 9.47 Å². The van der Waals surface area contributed by atoms with E-state index in [0.29, 0.717) is 0 Å². The van der Waals surface area contributed by atoms with Crippen LogP contribution in [0.15, 0.2) is 41.7 Å². The first-order chi connectivity index (χ1) is 13.7. The summed E-state index contributed by atoms with van der Waals surface area (Å²) < 4.78 is 12.8. The summed E-state index contributed by atoms with van der Waals surface area (Å²) in [7, 11) is 5.24. The predicted molar refractivity (Wildman–Crippen MR) is 125 cm³/mol. The van der Waals surface area contributed by atoms with Crippen LogP contribution in [0.4, 0.5) is 0 Å². The maximum absolute atomic E-state index is 5.51. The standard InChI is InChI=1S/C20H30N6O2.HI/c1-21-20(22-8-10-26-9-4-7-23-26)25-13-11-24(12-14-25)16-17-15-18(27-2)5-6-19(17)28-3;/h4-7,9,15H,8,10-14,16H2,1-3H3,(H,21,22);1H. The van der Waals surface area contributed by atoms with Gasteiger partial charge < -0.3 is 19.7 Å². The van der Waals surface area contributed by atoms with Gasteiger partial charge in [0.25, 0.3) is 0 Å². The molecule has 1 aromatic heterocycles. The number of guanidine groups is 1. The Morgan fingerprint density at radius 3 is 2.59 bits per heavy atom. The van der Waals surface area contributed by atoms with E-state index in [2.05, 4.69) is 31.3 Å². The Balaban J connectivity index is 0.00000300. The lowest BCUT2D eigenvalue weighted by Gasteiger charge is -2.36. The molecule has 160 valence electrons. The van der Waals surface area contributed by atoms with Crippen LogP contribution in [0.3, 0.4) is 0 Å². The fourth-order valence-corrected chi connectivity index (χ4v) is 3.41. The summed E-state index contributed by atoms with van der Waals surface area (Å²) in [5, 5.41) is 7.66. The van der Waals surface area contributed by atoms with Crippen LogP contribution in [-0.2, 0) is 13.1 Å². The van der Waals surface area contributed by atoms with Gasteiger partial charge >= 0.3 is 0 Å². The predicted octanol–water partition coefficient (Wildman–Crippen LogP) is 1.91. The summed E-state index contributed by atoms with van der Waals surface area (Å²) in [6.45, 7) is 6.29. The van der Waals surface area contributed by atoms with Crippen molar-refractivity contribution >= 4 is 29.9 Å². The molecule has 0 bridgehead atoms. The van der Waals surface area contributed by atoms with E-state index in [1.807, 2.05) is 36.1 Å². The van der Waals surface area contributed by atoms with Crippen LogP contribution >= 0.6 is 24.0 Å². The zero-order valence-corrected chi connectivity index (χ0v) is 19.7. The Morgan fingerprint density at radius 1 is 1.17 bits per heavy atom. The van der Waals surface area contributed by atoms with E-state index >= 15 is 0 Å². The highest BCUT2D eigenvalue weighted by atomic mass is 127. The SMILES string of the molecule is CN=C(NCCn1cccn1)N1CCN(Cc2cc(OC)ccc2OC)CC1.I. The molecule has 1 saturated heterocycles. The second-order valence-electron chi connectivity index (χ2n) is 6.68. The highest BCUT2D eigenvalue weighted by Crippen LogP contribution is 2.25. The average Bonchev–Trinajstić information content (AvgIpc) is 3.25. The van der Waals surface area contributed by atoms with E-state index < -0.39 is 0 Å². The molecule has 2 aromatic rings. The maximum atomic E-state index is 5.51. The van der Waals surface area contributed by atoms with Gasteiger partial charge in [-0.15, -0.1) is 24.0 Å². The molecule has 1 fully saturated rings. The molecule has 0 aliphatic carbocycles. The molecule has 1 N–H and O–H groups in total. The van der Waals surface area contributed by atoms with Crippen molar-refractivity contribution in [2.45, 2.75) is 13.1 Å². The molecule has 0 amide bonds. The summed E-state index contributed by atoms with van der Waals surface area (Å²) >= 11 is 0. The quantitative estimate of drug-likeness (QED) is 0.346. The van der Waals surface area contributed by atoms with Gasteiger partial charge in [-0.25, -0.2) is 0 Å². The molecule has 1 aliphatic rings. The highest BCUT2D eigenvalue weighted by molar-refractivity contribution is 14.0. The van der Waals surface area contributed by atoms with E-state index in [9.17, 15) is 0 Å². The number of methoxy groups -OCH3 is 2. The molecule has 0 radical (unpaired) electrons. The number of aromatic nitrogens is 2. The summed E-state index contributed by atoms with van der Waals surface area (Å²) in [6, 6.07) is 7.89. The molecule has 0 unspecified atom stereocenters. The Kier molecular flexibility index (Phi) is 9.52. The van der Waals surface area contributed by atoms with Gasteiger partial charge in [-0.2, -0.15) is 5.10 Å². The second kappa shape index (κ2) is 11.9. The third-order valence-corrected chi connectivity index (χ3v) is 4.95. The molecule has 8 nitrogen and oxygen atoms in total. The molecular formula is C20H31IN6O2. The Bertz CT molecular complexity index is 760. The number of benzene rings is 1. The van der Waals surface area contributed by atoms with Gasteiger partial charge in [-0.1, -0.05) is 0 Å². The number of piperazine rings is 1. The van der Waals surface area contributed by atoms with Crippen molar-refractivity contribution in [3.63, 3.8) is 0 Å². The Morgan fingerprint density at radius 2 is 1.97 bits per heavy atom. The molecular weight excluding hydrogens is 483 g/mol. The minimum absolute atomic E-state index is 0. The van der Waals surface area contributed by atoms with E-state index in [-0.39, 0.29) is 24.0 Å². The second-order valence-corrected chi connectivity index (χ2v) is 6.68. The van der Waals surface area contributed by atoms with Crippen LogP contribution in [0.1, 0.15) is 5.56 Å². The molecule has 3 rings (SSSR count). The molecule has 29 heavy (non-hydrogen) atoms. The van der Waals surface area contributed by atoms with Crippen molar-refractivity contribution in [2.75, 3.05) is 54.0 Å². The monoisotopic (exact) mass is 514 g/mol. The number of hydrogen-bond acceptors (Lipinski definition) is 5. The largest absolute Gasteiger partial charge is 0.497 e. The molecule has 9 heteroatoms. The first kappa shape index (κ1) is 23.3. The van der Waals surface area contributed by atoms with Crippen LogP contribution in [0.2, 0.25) is 0 Å². The zero-order valence-electron chi connectivity index (χ0n) is 17.4. The van der Waals surface area contributed by atoms with Crippen LogP contribution in [0.25, 0.3) is 0 Å². The molecule has 0 spiro atoms. The zero-order chi connectivity index (χ0) is 19.8. The van der Waals surface area contributed by atoms with E-state index in [0.717, 1.165) is 68.8 Å². The van der Waals surface area contributed by atoms with Crippen molar-refractivity contribution < 1.29 is 9.47 Å². The summed E-state index contributed by atoms with van der Waals surface area (Å²) in [4.78, 5) is 9.18. The van der Waals surface area contributed by atoms with Crippen molar-refractivity contribution in [1.82, 2.24) is 24.9 Å². The van der Waals surface area contributed by atoms with Crippen molar-refractivity contribution in [1.29, 1.82) is 0 Å². The van der Waals surface area contributed by atoms with Crippen LogP contribution in [0, 0.1) is 0 Å². The van der Waals surface area contributed by atoms with Gasteiger partial charge in [0.2, 0.25) is 0 Å². The number of ether oxygens (including phenoxy) is 2. The van der Waals surface area contributed by atoms with Gasteiger partial charge in [0.1, 0.15) is 11.5 Å². The first-order valence-electron chi connectivity index (χ1n) is 9.59. The third kappa shape index (κ3) is 6.49. The highest BCUT2D eigenvalue weighted by Gasteiger charge is 2.20. The topological polar surface area (TPSA) is 67.2 Å². The minimum atomic E-state index is 0. The van der Waals surface area contributed by atoms with E-state index in [1.54, 1.807) is 20.4 Å². The molecule has 0 saturated carbocycles. The third-order valence-electron chi connectivity index (χ3n) is 4.95. The minimum Gasteiger partial charge on any atom is -0.497 e. The van der Waals surface area contributed by atoms with Gasteiger partial charge in [-0.3, -0.25) is 14.6 Å². The van der Waals surface area contributed by atoms with Gasteiger partial charge in [0.05, 0.1) is 20.8 Å². The maximum Gasteiger partial charge on any atom is 0.193 e.